The number of alkyl halides is 2. The SMILES string of the molecule is CCc1cc(OC(F)F)ccc1Cl. The maximum atomic E-state index is 11.8. The van der Waals surface area contributed by atoms with Crippen LogP contribution < -0.4 is 4.74 Å². The van der Waals surface area contributed by atoms with Gasteiger partial charge in [0.1, 0.15) is 5.75 Å². The van der Waals surface area contributed by atoms with Gasteiger partial charge in [-0.2, -0.15) is 8.78 Å². The predicted molar refractivity (Wildman–Crippen MR) is 47.5 cm³/mol. The molecule has 0 N–H and O–H groups in total. The summed E-state index contributed by atoms with van der Waals surface area (Å²) in [5.74, 6) is 0.149. The van der Waals surface area contributed by atoms with Gasteiger partial charge in [-0.3, -0.25) is 0 Å². The Morgan fingerprint density at radius 3 is 2.69 bits per heavy atom. The van der Waals surface area contributed by atoms with Crippen LogP contribution in [0.5, 0.6) is 5.75 Å². The van der Waals surface area contributed by atoms with E-state index < -0.39 is 6.61 Å². The molecule has 0 heterocycles. The molecule has 0 saturated heterocycles. The van der Waals surface area contributed by atoms with Crippen LogP contribution >= 0.6 is 11.6 Å². The maximum Gasteiger partial charge on any atom is 0.387 e. The molecule has 0 bridgehead atoms. The summed E-state index contributed by atoms with van der Waals surface area (Å²) in [7, 11) is 0. The van der Waals surface area contributed by atoms with Gasteiger partial charge in [0.05, 0.1) is 0 Å². The zero-order chi connectivity index (χ0) is 9.84. The number of hydrogen-bond donors (Lipinski definition) is 0. The number of halogens is 3. The summed E-state index contributed by atoms with van der Waals surface area (Å²) < 4.78 is 27.8. The summed E-state index contributed by atoms with van der Waals surface area (Å²) >= 11 is 5.79. The van der Waals surface area contributed by atoms with Crippen LogP contribution in [0.3, 0.4) is 0 Å². The highest BCUT2D eigenvalue weighted by atomic mass is 35.5. The molecule has 0 aromatic heterocycles. The smallest absolute Gasteiger partial charge is 0.387 e. The summed E-state index contributed by atoms with van der Waals surface area (Å²) in [6.07, 6.45) is 0.694. The van der Waals surface area contributed by atoms with Crippen molar-refractivity contribution in [3.63, 3.8) is 0 Å². The van der Waals surface area contributed by atoms with E-state index in [1.54, 1.807) is 6.07 Å². The Balaban J connectivity index is 2.86. The zero-order valence-electron chi connectivity index (χ0n) is 7.06. The lowest BCUT2D eigenvalue weighted by molar-refractivity contribution is -0.0498. The Kier molecular flexibility index (Phi) is 3.48. The quantitative estimate of drug-likeness (QED) is 0.736. The summed E-state index contributed by atoms with van der Waals surface area (Å²) in [4.78, 5) is 0. The van der Waals surface area contributed by atoms with Gasteiger partial charge in [0.25, 0.3) is 0 Å². The van der Waals surface area contributed by atoms with Crippen LogP contribution in [-0.4, -0.2) is 6.61 Å². The van der Waals surface area contributed by atoms with E-state index in [-0.39, 0.29) is 5.75 Å². The third kappa shape index (κ3) is 2.84. The summed E-state index contributed by atoms with van der Waals surface area (Å²) in [6, 6.07) is 4.50. The lowest BCUT2D eigenvalue weighted by atomic mass is 10.2. The third-order valence-corrected chi connectivity index (χ3v) is 1.99. The number of ether oxygens (including phenoxy) is 1. The van der Waals surface area contributed by atoms with Crippen molar-refractivity contribution >= 4 is 11.6 Å². The molecule has 0 aliphatic rings. The average molecular weight is 207 g/mol. The molecule has 0 radical (unpaired) electrons. The van der Waals surface area contributed by atoms with Crippen LogP contribution in [0.25, 0.3) is 0 Å². The molecule has 0 aliphatic heterocycles. The van der Waals surface area contributed by atoms with Crippen molar-refractivity contribution < 1.29 is 13.5 Å². The fourth-order valence-corrected chi connectivity index (χ4v) is 1.25. The first-order valence-electron chi connectivity index (χ1n) is 3.86. The summed E-state index contributed by atoms with van der Waals surface area (Å²) in [5, 5.41) is 0.573. The molecule has 13 heavy (non-hydrogen) atoms. The minimum absolute atomic E-state index is 0.149. The highest BCUT2D eigenvalue weighted by molar-refractivity contribution is 6.31. The Hall–Kier alpha value is -0.830. The highest BCUT2D eigenvalue weighted by Gasteiger charge is 2.06. The lowest BCUT2D eigenvalue weighted by Crippen LogP contribution is -2.02. The minimum Gasteiger partial charge on any atom is -0.435 e. The number of aryl methyl sites for hydroxylation is 1. The molecule has 1 aromatic rings. The van der Waals surface area contributed by atoms with Crippen LogP contribution in [0.15, 0.2) is 18.2 Å². The van der Waals surface area contributed by atoms with Crippen LogP contribution in [-0.2, 0) is 6.42 Å². The van der Waals surface area contributed by atoms with Crippen LogP contribution in [0.2, 0.25) is 5.02 Å². The fraction of sp³-hybridized carbons (Fsp3) is 0.333. The predicted octanol–water partition coefficient (Wildman–Crippen LogP) is 3.50. The Bertz CT molecular complexity index is 289. The van der Waals surface area contributed by atoms with Gasteiger partial charge in [-0.15, -0.1) is 0 Å². The molecular weight excluding hydrogens is 198 g/mol. The molecule has 0 saturated carbocycles. The highest BCUT2D eigenvalue weighted by Crippen LogP contribution is 2.23. The molecule has 1 rings (SSSR count). The van der Waals surface area contributed by atoms with Crippen molar-refractivity contribution in [3.8, 4) is 5.75 Å². The van der Waals surface area contributed by atoms with Crippen molar-refractivity contribution in [1.82, 2.24) is 0 Å². The van der Waals surface area contributed by atoms with Gasteiger partial charge < -0.3 is 4.74 Å². The van der Waals surface area contributed by atoms with Gasteiger partial charge >= 0.3 is 6.61 Å². The van der Waals surface area contributed by atoms with Crippen LogP contribution in [0.4, 0.5) is 8.78 Å². The first-order chi connectivity index (χ1) is 6.13. The second-order valence-corrected chi connectivity index (χ2v) is 2.89. The normalized spacial score (nSPS) is 10.5. The van der Waals surface area contributed by atoms with Gasteiger partial charge in [-0.25, -0.2) is 0 Å². The van der Waals surface area contributed by atoms with E-state index >= 15 is 0 Å². The van der Waals surface area contributed by atoms with Gasteiger partial charge in [-0.1, -0.05) is 18.5 Å². The van der Waals surface area contributed by atoms with Gasteiger partial charge in [0.2, 0.25) is 0 Å². The molecule has 0 amide bonds. The van der Waals surface area contributed by atoms with Gasteiger partial charge in [0.15, 0.2) is 0 Å². The van der Waals surface area contributed by atoms with Crippen molar-refractivity contribution in [2.24, 2.45) is 0 Å². The third-order valence-electron chi connectivity index (χ3n) is 1.62. The number of benzene rings is 1. The van der Waals surface area contributed by atoms with Crippen molar-refractivity contribution in [1.29, 1.82) is 0 Å². The monoisotopic (exact) mass is 206 g/mol. The summed E-state index contributed by atoms with van der Waals surface area (Å²) in [6.45, 7) is -0.890. The first kappa shape index (κ1) is 10.3. The molecule has 0 fully saturated rings. The van der Waals surface area contributed by atoms with E-state index in [4.69, 9.17) is 11.6 Å². The van der Waals surface area contributed by atoms with Gasteiger partial charge in [-0.05, 0) is 30.2 Å². The second kappa shape index (κ2) is 4.42. The molecule has 4 heteroatoms. The molecule has 1 aromatic carbocycles. The molecule has 1 nitrogen and oxygen atoms in total. The van der Waals surface area contributed by atoms with E-state index in [1.165, 1.54) is 12.1 Å². The Morgan fingerprint density at radius 1 is 1.46 bits per heavy atom. The molecular formula is C9H9ClF2O. The molecule has 0 atom stereocenters. The van der Waals surface area contributed by atoms with Gasteiger partial charge in [0, 0.05) is 5.02 Å². The Morgan fingerprint density at radius 2 is 2.15 bits per heavy atom. The molecule has 0 aliphatic carbocycles. The molecule has 0 unspecified atom stereocenters. The standard InChI is InChI=1S/C9H9ClF2O/c1-2-6-5-7(13-9(11)12)3-4-8(6)10/h3-5,9H,2H2,1H3. The van der Waals surface area contributed by atoms with Crippen LogP contribution in [0.1, 0.15) is 12.5 Å². The Labute approximate surface area is 80.3 Å². The van der Waals surface area contributed by atoms with E-state index in [0.29, 0.717) is 11.4 Å². The van der Waals surface area contributed by atoms with E-state index in [9.17, 15) is 8.78 Å². The molecule has 0 spiro atoms. The largest absolute Gasteiger partial charge is 0.435 e. The minimum atomic E-state index is -2.79. The lowest BCUT2D eigenvalue weighted by Gasteiger charge is -2.06. The number of rotatable bonds is 3. The summed E-state index contributed by atoms with van der Waals surface area (Å²) in [5.41, 5.74) is 0.805. The van der Waals surface area contributed by atoms with Crippen molar-refractivity contribution in [2.45, 2.75) is 20.0 Å². The second-order valence-electron chi connectivity index (χ2n) is 2.49. The van der Waals surface area contributed by atoms with Crippen LogP contribution in [0, 0.1) is 0 Å². The van der Waals surface area contributed by atoms with Crippen molar-refractivity contribution in [3.05, 3.63) is 28.8 Å². The number of hydrogen-bond acceptors (Lipinski definition) is 1. The molecule has 72 valence electrons. The maximum absolute atomic E-state index is 11.8. The van der Waals surface area contributed by atoms with E-state index in [1.807, 2.05) is 6.92 Å². The van der Waals surface area contributed by atoms with Crippen molar-refractivity contribution in [2.75, 3.05) is 0 Å². The fourth-order valence-electron chi connectivity index (χ4n) is 0.998. The van der Waals surface area contributed by atoms with E-state index in [0.717, 1.165) is 5.56 Å². The first-order valence-corrected chi connectivity index (χ1v) is 4.24. The van der Waals surface area contributed by atoms with E-state index in [2.05, 4.69) is 4.74 Å². The average Bonchev–Trinajstić information content (AvgIpc) is 2.07. The topological polar surface area (TPSA) is 9.23 Å². The zero-order valence-corrected chi connectivity index (χ0v) is 7.81.